The molecule has 1 aliphatic rings. The van der Waals surface area contributed by atoms with Crippen molar-refractivity contribution in [1.82, 2.24) is 15.5 Å². The van der Waals surface area contributed by atoms with E-state index in [9.17, 15) is 4.79 Å². The molecular formula is C16H25N3O. The van der Waals surface area contributed by atoms with Crippen LogP contribution in [-0.4, -0.2) is 42.5 Å². The highest BCUT2D eigenvalue weighted by Crippen LogP contribution is 2.10. The fraction of sp³-hybridized carbons (Fsp3) is 0.562. The van der Waals surface area contributed by atoms with Gasteiger partial charge in [-0.05, 0) is 38.5 Å². The van der Waals surface area contributed by atoms with Crippen LogP contribution < -0.4 is 10.6 Å². The highest BCUT2D eigenvalue weighted by atomic mass is 16.1. The van der Waals surface area contributed by atoms with E-state index in [0.717, 1.165) is 38.3 Å². The lowest BCUT2D eigenvalue weighted by atomic mass is 10.1. The van der Waals surface area contributed by atoms with E-state index >= 15 is 0 Å². The lowest BCUT2D eigenvalue weighted by Gasteiger charge is -2.27. The van der Waals surface area contributed by atoms with Crippen LogP contribution in [0.15, 0.2) is 24.3 Å². The number of hydrogen-bond acceptors (Lipinski definition) is 3. The second kappa shape index (κ2) is 6.37. The number of benzene rings is 1. The molecule has 0 aromatic heterocycles. The van der Waals surface area contributed by atoms with Crippen LogP contribution in [0.2, 0.25) is 0 Å². The molecule has 0 radical (unpaired) electrons. The number of piperazine rings is 1. The zero-order valence-corrected chi connectivity index (χ0v) is 12.7. The summed E-state index contributed by atoms with van der Waals surface area (Å²) in [5, 5.41) is 6.33. The second-order valence-electron chi connectivity index (χ2n) is 6.43. The van der Waals surface area contributed by atoms with Crippen LogP contribution in [0.4, 0.5) is 0 Å². The third-order valence-electron chi connectivity index (χ3n) is 3.32. The van der Waals surface area contributed by atoms with Gasteiger partial charge in [-0.25, -0.2) is 0 Å². The van der Waals surface area contributed by atoms with E-state index in [1.54, 1.807) is 0 Å². The third-order valence-corrected chi connectivity index (χ3v) is 3.32. The maximum atomic E-state index is 12.0. The number of nitrogens with zero attached hydrogens (tertiary/aromatic N) is 1. The average molecular weight is 275 g/mol. The predicted octanol–water partition coefficient (Wildman–Crippen LogP) is 1.62. The van der Waals surface area contributed by atoms with Crippen LogP contribution in [-0.2, 0) is 6.54 Å². The van der Waals surface area contributed by atoms with Crippen LogP contribution in [0.5, 0.6) is 0 Å². The van der Waals surface area contributed by atoms with Crippen LogP contribution in [0.1, 0.15) is 36.7 Å². The maximum Gasteiger partial charge on any atom is 0.251 e. The molecule has 1 aromatic carbocycles. The molecule has 0 bridgehead atoms. The summed E-state index contributed by atoms with van der Waals surface area (Å²) in [6, 6.07) is 7.94. The normalized spacial score (nSPS) is 16.9. The highest BCUT2D eigenvalue weighted by Gasteiger charge is 2.15. The van der Waals surface area contributed by atoms with Gasteiger partial charge in [0.25, 0.3) is 5.91 Å². The van der Waals surface area contributed by atoms with E-state index < -0.39 is 0 Å². The first-order valence-electron chi connectivity index (χ1n) is 7.28. The van der Waals surface area contributed by atoms with Gasteiger partial charge in [0, 0.05) is 43.8 Å². The average Bonchev–Trinajstić information content (AvgIpc) is 2.39. The minimum Gasteiger partial charge on any atom is -0.347 e. The van der Waals surface area contributed by atoms with Crippen molar-refractivity contribution < 1.29 is 4.79 Å². The van der Waals surface area contributed by atoms with Crippen LogP contribution in [0.25, 0.3) is 0 Å². The van der Waals surface area contributed by atoms with Crippen molar-refractivity contribution in [3.05, 3.63) is 35.4 Å². The lowest BCUT2D eigenvalue weighted by molar-refractivity contribution is 0.0919. The standard InChI is InChI=1S/C16H25N3O/c1-16(2,3)18-15(20)14-6-4-13(5-7-14)12-19-10-8-17-9-11-19/h4-7,17H,8-12H2,1-3H3,(H,18,20). The molecule has 2 N–H and O–H groups in total. The Bertz CT molecular complexity index is 442. The van der Waals surface area contributed by atoms with Gasteiger partial charge < -0.3 is 10.6 Å². The molecule has 0 aliphatic carbocycles. The molecule has 4 heteroatoms. The molecule has 4 nitrogen and oxygen atoms in total. The minimum absolute atomic E-state index is 0.00813. The van der Waals surface area contributed by atoms with E-state index in [0.29, 0.717) is 0 Å². The zero-order valence-electron chi connectivity index (χ0n) is 12.7. The number of nitrogens with one attached hydrogen (secondary N) is 2. The summed E-state index contributed by atoms with van der Waals surface area (Å²) < 4.78 is 0. The van der Waals surface area contributed by atoms with Crippen LogP contribution in [0.3, 0.4) is 0 Å². The topological polar surface area (TPSA) is 44.4 Å². The number of hydrogen-bond donors (Lipinski definition) is 2. The number of amides is 1. The van der Waals surface area contributed by atoms with Crippen molar-refractivity contribution in [1.29, 1.82) is 0 Å². The van der Waals surface area contributed by atoms with Gasteiger partial charge in [-0.3, -0.25) is 9.69 Å². The molecule has 1 saturated heterocycles. The summed E-state index contributed by atoms with van der Waals surface area (Å²) in [4.78, 5) is 14.5. The lowest BCUT2D eigenvalue weighted by Crippen LogP contribution is -2.42. The number of carbonyl (C=O) groups is 1. The summed E-state index contributed by atoms with van der Waals surface area (Å²) in [5.74, 6) is -0.00813. The molecule has 1 heterocycles. The first kappa shape index (κ1) is 15.0. The monoisotopic (exact) mass is 275 g/mol. The molecule has 0 unspecified atom stereocenters. The molecule has 1 fully saturated rings. The van der Waals surface area contributed by atoms with Crippen molar-refractivity contribution in [2.45, 2.75) is 32.9 Å². The van der Waals surface area contributed by atoms with Gasteiger partial charge in [-0.1, -0.05) is 12.1 Å². The Labute approximate surface area is 121 Å². The second-order valence-corrected chi connectivity index (χ2v) is 6.43. The number of rotatable bonds is 3. The number of carbonyl (C=O) groups excluding carboxylic acids is 1. The van der Waals surface area contributed by atoms with E-state index in [1.165, 1.54) is 5.56 Å². The largest absolute Gasteiger partial charge is 0.347 e. The molecule has 1 aliphatic heterocycles. The fourth-order valence-electron chi connectivity index (χ4n) is 2.30. The van der Waals surface area contributed by atoms with Crippen molar-refractivity contribution in [2.24, 2.45) is 0 Å². The van der Waals surface area contributed by atoms with E-state index in [-0.39, 0.29) is 11.4 Å². The molecule has 0 saturated carbocycles. The molecule has 1 aromatic rings. The summed E-state index contributed by atoms with van der Waals surface area (Å²) in [6.07, 6.45) is 0. The van der Waals surface area contributed by atoms with Crippen molar-refractivity contribution in [2.75, 3.05) is 26.2 Å². The molecule has 110 valence electrons. The van der Waals surface area contributed by atoms with Gasteiger partial charge in [0.15, 0.2) is 0 Å². The molecule has 1 amide bonds. The third kappa shape index (κ3) is 4.62. The van der Waals surface area contributed by atoms with E-state index in [1.807, 2.05) is 32.9 Å². The van der Waals surface area contributed by atoms with Crippen LogP contribution >= 0.6 is 0 Å². The van der Waals surface area contributed by atoms with Crippen molar-refractivity contribution >= 4 is 5.91 Å². The van der Waals surface area contributed by atoms with E-state index in [2.05, 4.69) is 27.7 Å². The summed E-state index contributed by atoms with van der Waals surface area (Å²) in [7, 11) is 0. The van der Waals surface area contributed by atoms with Gasteiger partial charge in [-0.15, -0.1) is 0 Å². The predicted molar refractivity (Wildman–Crippen MR) is 81.8 cm³/mol. The Kier molecular flexibility index (Phi) is 4.78. The van der Waals surface area contributed by atoms with Crippen molar-refractivity contribution in [3.63, 3.8) is 0 Å². The summed E-state index contributed by atoms with van der Waals surface area (Å²) in [6.45, 7) is 11.2. The Balaban J connectivity index is 1.93. The summed E-state index contributed by atoms with van der Waals surface area (Å²) in [5.41, 5.74) is 1.79. The Morgan fingerprint density at radius 2 is 1.80 bits per heavy atom. The molecular weight excluding hydrogens is 250 g/mol. The van der Waals surface area contributed by atoms with Gasteiger partial charge in [-0.2, -0.15) is 0 Å². The zero-order chi connectivity index (χ0) is 14.6. The molecule has 0 spiro atoms. The fourth-order valence-corrected chi connectivity index (χ4v) is 2.30. The Morgan fingerprint density at radius 1 is 1.20 bits per heavy atom. The minimum atomic E-state index is -0.198. The van der Waals surface area contributed by atoms with E-state index in [4.69, 9.17) is 0 Å². The molecule has 2 rings (SSSR count). The maximum absolute atomic E-state index is 12.0. The highest BCUT2D eigenvalue weighted by molar-refractivity contribution is 5.94. The Morgan fingerprint density at radius 3 is 2.35 bits per heavy atom. The quantitative estimate of drug-likeness (QED) is 0.881. The summed E-state index contributed by atoms with van der Waals surface area (Å²) >= 11 is 0. The van der Waals surface area contributed by atoms with Gasteiger partial charge in [0.1, 0.15) is 0 Å². The smallest absolute Gasteiger partial charge is 0.251 e. The van der Waals surface area contributed by atoms with Crippen molar-refractivity contribution in [3.8, 4) is 0 Å². The Hall–Kier alpha value is -1.39. The first-order chi connectivity index (χ1) is 9.44. The SMILES string of the molecule is CC(C)(C)NC(=O)c1ccc(CN2CCNCC2)cc1. The van der Waals surface area contributed by atoms with Crippen LogP contribution in [0, 0.1) is 0 Å². The van der Waals surface area contributed by atoms with Gasteiger partial charge in [0.2, 0.25) is 0 Å². The molecule has 20 heavy (non-hydrogen) atoms. The molecule has 0 atom stereocenters. The van der Waals surface area contributed by atoms with Gasteiger partial charge >= 0.3 is 0 Å². The first-order valence-corrected chi connectivity index (χ1v) is 7.28. The van der Waals surface area contributed by atoms with Gasteiger partial charge in [0.05, 0.1) is 0 Å².